The van der Waals surface area contributed by atoms with E-state index in [2.05, 4.69) is 45.1 Å². The lowest BCUT2D eigenvalue weighted by Crippen LogP contribution is -2.34. The highest BCUT2D eigenvalue weighted by Crippen LogP contribution is 2.36. The molecule has 0 unspecified atom stereocenters. The molecular weight excluding hydrogens is 370 g/mol. The minimum atomic E-state index is 0. The van der Waals surface area contributed by atoms with Gasteiger partial charge in [-0.05, 0) is 44.6 Å². The van der Waals surface area contributed by atoms with Crippen molar-refractivity contribution in [2.24, 2.45) is 0 Å². The number of hydrogen-bond acceptors (Lipinski definition) is 4. The Morgan fingerprint density at radius 3 is 2.07 bits per heavy atom. The Morgan fingerprint density at radius 2 is 1.39 bits per heavy atom. The van der Waals surface area contributed by atoms with Crippen LogP contribution in [0, 0.1) is 0 Å². The number of aromatic nitrogens is 3. The Hall–Kier alpha value is -2.27. The van der Waals surface area contributed by atoms with Crippen LogP contribution in [0.15, 0.2) is 36.4 Å². The summed E-state index contributed by atoms with van der Waals surface area (Å²) >= 11 is 0. The van der Waals surface area contributed by atoms with Crippen molar-refractivity contribution < 1.29 is 0 Å². The van der Waals surface area contributed by atoms with E-state index in [1.54, 1.807) is 0 Å². The van der Waals surface area contributed by atoms with E-state index in [0.29, 0.717) is 0 Å². The average Bonchev–Trinajstić information content (AvgIpc) is 3.19. The molecule has 4 aliphatic heterocycles. The molecule has 1 aromatic carbocycles. The second kappa shape index (κ2) is 8.39. The van der Waals surface area contributed by atoms with Crippen molar-refractivity contribution >= 4 is 24.2 Å². The molecule has 2 saturated heterocycles. The predicted molar refractivity (Wildman–Crippen MR) is 118 cm³/mol. The number of hydrogen-bond donors (Lipinski definition) is 1. The summed E-state index contributed by atoms with van der Waals surface area (Å²) in [7, 11) is 0. The zero-order chi connectivity index (χ0) is 18.1. The summed E-state index contributed by atoms with van der Waals surface area (Å²) in [5.41, 5.74) is 4.30. The fourth-order valence-corrected chi connectivity index (χ4v) is 4.32. The van der Waals surface area contributed by atoms with Crippen LogP contribution in [0.4, 0.5) is 11.8 Å². The van der Waals surface area contributed by atoms with Crippen molar-refractivity contribution in [2.75, 3.05) is 36.0 Å². The Morgan fingerprint density at radius 1 is 0.750 bits per heavy atom. The van der Waals surface area contributed by atoms with Crippen LogP contribution in [0.1, 0.15) is 38.5 Å². The van der Waals surface area contributed by atoms with E-state index in [9.17, 15) is 0 Å². The Labute approximate surface area is 172 Å². The third-order valence-corrected chi connectivity index (χ3v) is 5.82. The number of anilines is 2. The molecular formula is C22H28ClN5. The molecule has 148 valence electrons. The summed E-state index contributed by atoms with van der Waals surface area (Å²) in [6, 6.07) is 12.6. The van der Waals surface area contributed by atoms with Gasteiger partial charge in [-0.3, -0.25) is 0 Å². The fourth-order valence-electron chi connectivity index (χ4n) is 4.32. The van der Waals surface area contributed by atoms with Gasteiger partial charge in [-0.1, -0.05) is 30.3 Å². The zero-order valence-electron chi connectivity index (χ0n) is 16.2. The zero-order valence-corrected chi connectivity index (χ0v) is 17.0. The summed E-state index contributed by atoms with van der Waals surface area (Å²) in [5.74, 6) is 2.07. The SMILES string of the molecule is Cl.c1ccc(-c2cc3[nH]c(N4CCCCC4)nc(N4CCCCC4)c-3n2)cc1. The topological polar surface area (TPSA) is 48.1 Å². The molecule has 4 heterocycles. The van der Waals surface area contributed by atoms with E-state index >= 15 is 0 Å². The summed E-state index contributed by atoms with van der Waals surface area (Å²) in [6.45, 7) is 4.35. The van der Waals surface area contributed by atoms with Crippen molar-refractivity contribution in [3.05, 3.63) is 36.4 Å². The number of nitrogens with one attached hydrogen (secondary N) is 1. The molecule has 5 nitrogen and oxygen atoms in total. The predicted octanol–water partition coefficient (Wildman–Crippen LogP) is 4.98. The minimum absolute atomic E-state index is 0. The van der Waals surface area contributed by atoms with Gasteiger partial charge in [0.1, 0.15) is 5.69 Å². The van der Waals surface area contributed by atoms with Crippen LogP contribution in [0.25, 0.3) is 22.6 Å². The first-order valence-electron chi connectivity index (χ1n) is 10.3. The monoisotopic (exact) mass is 397 g/mol. The Kier molecular flexibility index (Phi) is 5.72. The van der Waals surface area contributed by atoms with Gasteiger partial charge in [-0.25, -0.2) is 4.98 Å². The maximum absolute atomic E-state index is 5.09. The molecule has 28 heavy (non-hydrogen) atoms. The number of halogens is 1. The van der Waals surface area contributed by atoms with Gasteiger partial charge in [0.05, 0.1) is 11.4 Å². The molecule has 4 aliphatic rings. The third-order valence-electron chi connectivity index (χ3n) is 5.82. The van der Waals surface area contributed by atoms with Gasteiger partial charge in [0.25, 0.3) is 0 Å². The maximum Gasteiger partial charge on any atom is 0.205 e. The quantitative estimate of drug-likeness (QED) is 0.677. The van der Waals surface area contributed by atoms with Gasteiger partial charge in [0.2, 0.25) is 5.95 Å². The highest BCUT2D eigenvalue weighted by atomic mass is 35.5. The Bertz CT molecular complexity index is 866. The largest absolute Gasteiger partial charge is 0.355 e. The summed E-state index contributed by atoms with van der Waals surface area (Å²) < 4.78 is 0. The third kappa shape index (κ3) is 3.68. The molecule has 0 bridgehead atoms. The van der Waals surface area contributed by atoms with Crippen molar-refractivity contribution in [1.29, 1.82) is 0 Å². The van der Waals surface area contributed by atoms with Crippen LogP contribution in [0.2, 0.25) is 0 Å². The van der Waals surface area contributed by atoms with E-state index in [4.69, 9.17) is 9.97 Å². The van der Waals surface area contributed by atoms with E-state index in [-0.39, 0.29) is 12.4 Å². The molecule has 0 radical (unpaired) electrons. The molecule has 6 heteroatoms. The molecule has 2 fully saturated rings. The van der Waals surface area contributed by atoms with Crippen LogP contribution >= 0.6 is 12.4 Å². The first-order chi connectivity index (χ1) is 13.4. The highest BCUT2D eigenvalue weighted by Gasteiger charge is 2.25. The lowest BCUT2D eigenvalue weighted by molar-refractivity contribution is 0.561. The van der Waals surface area contributed by atoms with Gasteiger partial charge >= 0.3 is 0 Å². The van der Waals surface area contributed by atoms with Crippen LogP contribution < -0.4 is 9.80 Å². The van der Waals surface area contributed by atoms with Crippen molar-refractivity contribution in [2.45, 2.75) is 38.5 Å². The minimum Gasteiger partial charge on any atom is -0.355 e. The number of H-pyrrole nitrogens is 1. The molecule has 0 saturated carbocycles. The van der Waals surface area contributed by atoms with Crippen LogP contribution in [-0.2, 0) is 0 Å². The van der Waals surface area contributed by atoms with Gasteiger partial charge in [-0.15, -0.1) is 12.4 Å². The first-order valence-corrected chi connectivity index (χ1v) is 10.3. The number of benzene rings is 1. The number of rotatable bonds is 3. The average molecular weight is 398 g/mol. The second-order valence-corrected chi connectivity index (χ2v) is 7.75. The number of piperidine rings is 2. The second-order valence-electron chi connectivity index (χ2n) is 7.75. The molecule has 0 amide bonds. The lowest BCUT2D eigenvalue weighted by atomic mass is 10.1. The number of fused-ring (bicyclic) bond motifs is 1. The summed E-state index contributed by atoms with van der Waals surface area (Å²) in [5, 5.41) is 0. The van der Waals surface area contributed by atoms with E-state index < -0.39 is 0 Å². The smallest absolute Gasteiger partial charge is 0.205 e. The maximum atomic E-state index is 5.09. The number of nitrogens with zero attached hydrogens (tertiary/aromatic N) is 4. The molecule has 1 aromatic rings. The summed E-state index contributed by atoms with van der Waals surface area (Å²) in [4.78, 5) is 18.5. The van der Waals surface area contributed by atoms with Gasteiger partial charge in [0, 0.05) is 31.7 Å². The fraction of sp³-hybridized carbons (Fsp3) is 0.455. The molecule has 0 atom stereocenters. The Balaban J connectivity index is 0.00000192. The highest BCUT2D eigenvalue weighted by molar-refractivity contribution is 5.85. The van der Waals surface area contributed by atoms with Gasteiger partial charge in [-0.2, -0.15) is 4.98 Å². The van der Waals surface area contributed by atoms with Crippen molar-refractivity contribution in [3.8, 4) is 22.6 Å². The first kappa shape index (κ1) is 19.1. The lowest BCUT2D eigenvalue weighted by Gasteiger charge is -2.32. The van der Waals surface area contributed by atoms with Gasteiger partial charge in [0.15, 0.2) is 5.82 Å². The van der Waals surface area contributed by atoms with Crippen molar-refractivity contribution in [3.63, 3.8) is 0 Å². The van der Waals surface area contributed by atoms with E-state index in [0.717, 1.165) is 60.6 Å². The normalized spacial score (nSPS) is 17.6. The van der Waals surface area contributed by atoms with Crippen LogP contribution in [-0.4, -0.2) is 41.1 Å². The molecule has 0 aliphatic carbocycles. The van der Waals surface area contributed by atoms with Crippen molar-refractivity contribution in [1.82, 2.24) is 15.0 Å². The molecule has 1 N–H and O–H groups in total. The van der Waals surface area contributed by atoms with E-state index in [1.807, 2.05) is 6.07 Å². The van der Waals surface area contributed by atoms with Crippen LogP contribution in [0.5, 0.6) is 0 Å². The summed E-state index contributed by atoms with van der Waals surface area (Å²) in [6.07, 6.45) is 7.64. The van der Waals surface area contributed by atoms with Gasteiger partial charge < -0.3 is 14.8 Å². The standard InChI is InChI=1S/C22H27N5.ClH/c1-4-10-17(11-5-1)18-16-19-20(23-18)21(26-12-6-2-7-13-26)25-22(24-19)27-14-8-3-9-15-27;/h1,4-5,10-11,16H,2-3,6-9,12-15H2,(H,24,25);1H. The molecule has 0 spiro atoms. The number of aromatic amines is 1. The van der Waals surface area contributed by atoms with Crippen LogP contribution in [0.3, 0.4) is 0 Å². The van der Waals surface area contributed by atoms with E-state index in [1.165, 1.54) is 38.5 Å². The molecule has 5 rings (SSSR count). The molecule has 0 aromatic heterocycles.